The summed E-state index contributed by atoms with van der Waals surface area (Å²) in [5, 5.41) is 5.52. The van der Waals surface area contributed by atoms with Crippen LogP contribution in [0.4, 0.5) is 4.79 Å². The van der Waals surface area contributed by atoms with Crippen molar-refractivity contribution in [3.63, 3.8) is 0 Å². The van der Waals surface area contributed by atoms with Crippen molar-refractivity contribution < 1.29 is 19.1 Å². The Morgan fingerprint density at radius 2 is 2.00 bits per heavy atom. The van der Waals surface area contributed by atoms with Crippen molar-refractivity contribution in [2.75, 3.05) is 20.2 Å². The molecule has 1 amide bonds. The van der Waals surface area contributed by atoms with E-state index < -0.39 is 17.6 Å². The Morgan fingerprint density at radius 3 is 2.59 bits per heavy atom. The van der Waals surface area contributed by atoms with Gasteiger partial charge in [-0.2, -0.15) is 0 Å². The Labute approximate surface area is 130 Å². The molecule has 0 saturated carbocycles. The van der Waals surface area contributed by atoms with Gasteiger partial charge in [-0.3, -0.25) is 0 Å². The largest absolute Gasteiger partial charge is 0.467 e. The fourth-order valence-electron chi connectivity index (χ4n) is 1.80. The molecule has 120 valence electrons. The van der Waals surface area contributed by atoms with E-state index in [1.807, 2.05) is 30.3 Å². The van der Waals surface area contributed by atoms with E-state index in [2.05, 4.69) is 17.2 Å². The van der Waals surface area contributed by atoms with Crippen LogP contribution in [-0.2, 0) is 20.9 Å². The first-order valence-corrected chi connectivity index (χ1v) is 6.90. The molecule has 1 aromatic rings. The second-order valence-corrected chi connectivity index (χ2v) is 4.93. The van der Waals surface area contributed by atoms with E-state index in [1.54, 1.807) is 13.0 Å². The van der Waals surface area contributed by atoms with Gasteiger partial charge in [-0.15, -0.1) is 6.58 Å². The third-order valence-corrected chi connectivity index (χ3v) is 2.99. The van der Waals surface area contributed by atoms with Gasteiger partial charge in [0.1, 0.15) is 6.61 Å². The SMILES string of the molecule is C=CCNCC(C)(NC(=O)OCc1ccccc1)C(=O)OC. The smallest absolute Gasteiger partial charge is 0.408 e. The normalized spacial score (nSPS) is 12.8. The van der Waals surface area contributed by atoms with Crippen LogP contribution < -0.4 is 10.6 Å². The number of hydrogen-bond acceptors (Lipinski definition) is 5. The Bertz CT molecular complexity index is 504. The minimum absolute atomic E-state index is 0.129. The summed E-state index contributed by atoms with van der Waals surface area (Å²) in [5.41, 5.74) is -0.354. The Balaban J connectivity index is 2.58. The van der Waals surface area contributed by atoms with E-state index in [-0.39, 0.29) is 13.2 Å². The highest BCUT2D eigenvalue weighted by molar-refractivity contribution is 5.85. The van der Waals surface area contributed by atoms with Crippen molar-refractivity contribution in [1.82, 2.24) is 10.6 Å². The molecule has 0 aliphatic carbocycles. The molecular formula is C16H22N2O4. The maximum atomic E-state index is 11.9. The van der Waals surface area contributed by atoms with E-state index in [0.717, 1.165) is 5.56 Å². The minimum Gasteiger partial charge on any atom is -0.467 e. The average Bonchev–Trinajstić information content (AvgIpc) is 2.53. The number of rotatable bonds is 8. The maximum Gasteiger partial charge on any atom is 0.408 e. The van der Waals surface area contributed by atoms with Crippen molar-refractivity contribution >= 4 is 12.1 Å². The van der Waals surface area contributed by atoms with Crippen LogP contribution in [0.1, 0.15) is 12.5 Å². The van der Waals surface area contributed by atoms with Crippen LogP contribution in [0.5, 0.6) is 0 Å². The van der Waals surface area contributed by atoms with Crippen LogP contribution in [0.25, 0.3) is 0 Å². The molecule has 6 heteroatoms. The molecule has 0 bridgehead atoms. The quantitative estimate of drug-likeness (QED) is 0.433. The van der Waals surface area contributed by atoms with Crippen LogP contribution in [-0.4, -0.2) is 37.8 Å². The second-order valence-electron chi connectivity index (χ2n) is 4.93. The van der Waals surface area contributed by atoms with Crippen molar-refractivity contribution in [3.05, 3.63) is 48.6 Å². The summed E-state index contributed by atoms with van der Waals surface area (Å²) in [5.74, 6) is -0.555. The van der Waals surface area contributed by atoms with Crippen LogP contribution in [0, 0.1) is 0 Å². The predicted molar refractivity (Wildman–Crippen MR) is 83.3 cm³/mol. The number of hydrogen-bond donors (Lipinski definition) is 2. The maximum absolute atomic E-state index is 11.9. The van der Waals surface area contributed by atoms with E-state index in [4.69, 9.17) is 9.47 Å². The number of alkyl carbamates (subject to hydrolysis) is 1. The first kappa shape index (κ1) is 17.7. The molecule has 22 heavy (non-hydrogen) atoms. The van der Waals surface area contributed by atoms with Gasteiger partial charge in [-0.25, -0.2) is 9.59 Å². The number of esters is 1. The number of methoxy groups -OCH3 is 1. The molecule has 0 aliphatic rings. The molecule has 0 aliphatic heterocycles. The summed E-state index contributed by atoms with van der Waals surface area (Å²) in [6, 6.07) is 9.28. The van der Waals surface area contributed by atoms with Gasteiger partial charge in [0.05, 0.1) is 7.11 Å². The van der Waals surface area contributed by atoms with Crippen LogP contribution >= 0.6 is 0 Å². The molecule has 1 rings (SSSR count). The van der Waals surface area contributed by atoms with Gasteiger partial charge in [0, 0.05) is 13.1 Å². The second kappa shape index (κ2) is 8.84. The Morgan fingerprint density at radius 1 is 1.32 bits per heavy atom. The molecule has 1 aromatic carbocycles. The lowest BCUT2D eigenvalue weighted by molar-refractivity contribution is -0.147. The number of ether oxygens (including phenoxy) is 2. The molecular weight excluding hydrogens is 284 g/mol. The monoisotopic (exact) mass is 306 g/mol. The van der Waals surface area contributed by atoms with E-state index in [0.29, 0.717) is 6.54 Å². The highest BCUT2D eigenvalue weighted by atomic mass is 16.6. The summed E-state index contributed by atoms with van der Waals surface area (Å²) in [6.07, 6.45) is 0.975. The van der Waals surface area contributed by atoms with Gasteiger partial charge in [0.25, 0.3) is 0 Å². The number of carbonyl (C=O) groups excluding carboxylic acids is 2. The van der Waals surface area contributed by atoms with Gasteiger partial charge in [-0.05, 0) is 12.5 Å². The van der Waals surface area contributed by atoms with E-state index >= 15 is 0 Å². The van der Waals surface area contributed by atoms with E-state index in [1.165, 1.54) is 7.11 Å². The molecule has 0 heterocycles. The lowest BCUT2D eigenvalue weighted by Crippen LogP contribution is -2.58. The molecule has 0 aromatic heterocycles. The molecule has 1 atom stereocenters. The summed E-state index contributed by atoms with van der Waals surface area (Å²) < 4.78 is 9.85. The molecule has 1 unspecified atom stereocenters. The zero-order valence-electron chi connectivity index (χ0n) is 12.9. The highest BCUT2D eigenvalue weighted by Crippen LogP contribution is 2.07. The summed E-state index contributed by atoms with van der Waals surface area (Å²) >= 11 is 0. The lowest BCUT2D eigenvalue weighted by Gasteiger charge is -2.27. The summed E-state index contributed by atoms with van der Waals surface area (Å²) in [6.45, 7) is 5.98. The standard InChI is InChI=1S/C16H22N2O4/c1-4-10-17-12-16(2,14(19)21-3)18-15(20)22-11-13-8-6-5-7-9-13/h4-9,17H,1,10-12H2,2-3H3,(H,18,20). The predicted octanol–water partition coefficient (Wildman–Crippen LogP) is 1.62. The van der Waals surface area contributed by atoms with Gasteiger partial charge >= 0.3 is 12.1 Å². The van der Waals surface area contributed by atoms with Crippen molar-refractivity contribution in [3.8, 4) is 0 Å². The van der Waals surface area contributed by atoms with Crippen LogP contribution in [0.15, 0.2) is 43.0 Å². The number of amides is 1. The van der Waals surface area contributed by atoms with Gasteiger partial charge in [0.15, 0.2) is 5.54 Å². The van der Waals surface area contributed by atoms with Crippen molar-refractivity contribution in [2.24, 2.45) is 0 Å². The van der Waals surface area contributed by atoms with E-state index in [9.17, 15) is 9.59 Å². The highest BCUT2D eigenvalue weighted by Gasteiger charge is 2.36. The average molecular weight is 306 g/mol. The Hall–Kier alpha value is -2.34. The Kier molecular flexibility index (Phi) is 7.12. The molecule has 2 N–H and O–H groups in total. The van der Waals surface area contributed by atoms with Gasteiger partial charge in [0.2, 0.25) is 0 Å². The summed E-state index contributed by atoms with van der Waals surface area (Å²) in [7, 11) is 1.27. The molecule has 0 saturated heterocycles. The minimum atomic E-state index is -1.22. The van der Waals surface area contributed by atoms with Crippen LogP contribution in [0.3, 0.4) is 0 Å². The topological polar surface area (TPSA) is 76.7 Å². The number of benzene rings is 1. The molecule has 0 radical (unpaired) electrons. The van der Waals surface area contributed by atoms with Crippen molar-refractivity contribution in [2.45, 2.75) is 19.1 Å². The lowest BCUT2D eigenvalue weighted by atomic mass is 10.0. The van der Waals surface area contributed by atoms with Gasteiger partial charge < -0.3 is 20.1 Å². The first-order chi connectivity index (χ1) is 10.5. The molecule has 0 fully saturated rings. The third-order valence-electron chi connectivity index (χ3n) is 2.99. The molecule has 6 nitrogen and oxygen atoms in total. The van der Waals surface area contributed by atoms with Crippen LogP contribution in [0.2, 0.25) is 0 Å². The molecule has 0 spiro atoms. The number of nitrogens with one attached hydrogen (secondary N) is 2. The fraction of sp³-hybridized carbons (Fsp3) is 0.375. The van der Waals surface area contributed by atoms with Gasteiger partial charge in [-0.1, -0.05) is 36.4 Å². The zero-order valence-corrected chi connectivity index (χ0v) is 12.9. The zero-order chi connectivity index (χ0) is 16.4. The van der Waals surface area contributed by atoms with Crippen molar-refractivity contribution in [1.29, 1.82) is 0 Å². The fourth-order valence-corrected chi connectivity index (χ4v) is 1.80. The number of carbonyl (C=O) groups is 2. The first-order valence-electron chi connectivity index (χ1n) is 6.90. The summed E-state index contributed by atoms with van der Waals surface area (Å²) in [4.78, 5) is 23.8. The third kappa shape index (κ3) is 5.57.